The van der Waals surface area contributed by atoms with Gasteiger partial charge in [0.2, 0.25) is 0 Å². The van der Waals surface area contributed by atoms with Crippen molar-refractivity contribution in [3.8, 4) is 5.75 Å². The van der Waals surface area contributed by atoms with E-state index in [1.807, 2.05) is 0 Å². The molecular formula is C29H35F3N4O3. The van der Waals surface area contributed by atoms with Crippen molar-refractivity contribution in [3.63, 3.8) is 0 Å². The van der Waals surface area contributed by atoms with Crippen LogP contribution in [-0.2, 0) is 11.3 Å². The SMILES string of the molecule is COc1ccc2ncc(CN)c(C(F)CCC3(CC(=O)O)CCN(CCNc4cc(F)cc(F)c4)CC3)c2c1. The lowest BCUT2D eigenvalue weighted by atomic mass is 9.71. The van der Waals surface area contributed by atoms with Crippen molar-refractivity contribution in [2.24, 2.45) is 11.1 Å². The Balaban J connectivity index is 1.40. The number of likely N-dealkylation sites (tertiary alicyclic amines) is 1. The van der Waals surface area contributed by atoms with Crippen LogP contribution in [0.15, 0.2) is 42.6 Å². The second-order valence-electron chi connectivity index (χ2n) is 10.3. The van der Waals surface area contributed by atoms with Crippen molar-refractivity contribution in [1.82, 2.24) is 9.88 Å². The zero-order chi connectivity index (χ0) is 28.0. The number of carboxylic acid groups (broad SMARTS) is 1. The van der Waals surface area contributed by atoms with Crippen molar-refractivity contribution in [1.29, 1.82) is 0 Å². The number of aliphatic carboxylic acids is 1. The summed E-state index contributed by atoms with van der Waals surface area (Å²) in [6.45, 7) is 2.58. The third-order valence-electron chi connectivity index (χ3n) is 7.72. The van der Waals surface area contributed by atoms with Crippen LogP contribution < -0.4 is 15.8 Å². The molecule has 10 heteroatoms. The highest BCUT2D eigenvalue weighted by atomic mass is 19.1. The minimum atomic E-state index is -1.33. The number of carbonyl (C=O) groups is 1. The fraction of sp³-hybridized carbons (Fsp3) is 0.448. The third kappa shape index (κ3) is 7.19. The quantitative estimate of drug-likeness (QED) is 0.279. The molecule has 0 radical (unpaired) electrons. The van der Waals surface area contributed by atoms with Crippen LogP contribution >= 0.6 is 0 Å². The molecule has 210 valence electrons. The maximum Gasteiger partial charge on any atom is 0.303 e. The molecule has 0 aliphatic carbocycles. The number of fused-ring (bicyclic) bond motifs is 1. The average Bonchev–Trinajstić information content (AvgIpc) is 2.91. The van der Waals surface area contributed by atoms with E-state index in [2.05, 4.69) is 15.2 Å². The summed E-state index contributed by atoms with van der Waals surface area (Å²) in [7, 11) is 1.55. The van der Waals surface area contributed by atoms with Gasteiger partial charge < -0.3 is 25.8 Å². The number of hydrogen-bond acceptors (Lipinski definition) is 6. The first-order valence-electron chi connectivity index (χ1n) is 13.2. The van der Waals surface area contributed by atoms with Crippen molar-refractivity contribution in [2.45, 2.75) is 44.8 Å². The molecule has 1 aliphatic heterocycles. The van der Waals surface area contributed by atoms with Gasteiger partial charge in [-0.15, -0.1) is 0 Å². The predicted octanol–water partition coefficient (Wildman–Crippen LogP) is 5.44. The van der Waals surface area contributed by atoms with E-state index in [-0.39, 0.29) is 19.4 Å². The van der Waals surface area contributed by atoms with Gasteiger partial charge in [-0.1, -0.05) is 0 Å². The van der Waals surface area contributed by atoms with E-state index in [1.165, 1.54) is 12.1 Å². The molecule has 2 aromatic carbocycles. The first-order valence-corrected chi connectivity index (χ1v) is 13.2. The third-order valence-corrected chi connectivity index (χ3v) is 7.72. The molecule has 39 heavy (non-hydrogen) atoms. The van der Waals surface area contributed by atoms with Crippen molar-refractivity contribution >= 4 is 22.6 Å². The number of nitrogens with two attached hydrogens (primary N) is 1. The van der Waals surface area contributed by atoms with Gasteiger partial charge in [-0.2, -0.15) is 0 Å². The lowest BCUT2D eigenvalue weighted by Crippen LogP contribution is -2.43. The van der Waals surface area contributed by atoms with E-state index in [4.69, 9.17) is 10.5 Å². The van der Waals surface area contributed by atoms with Crippen LogP contribution in [0.4, 0.5) is 18.9 Å². The number of benzene rings is 2. The second kappa shape index (κ2) is 12.7. The van der Waals surface area contributed by atoms with Crippen LogP contribution in [0.3, 0.4) is 0 Å². The first kappa shape index (κ1) is 28.6. The Morgan fingerprint density at radius 1 is 1.21 bits per heavy atom. The Hall–Kier alpha value is -3.37. The number of methoxy groups -OCH3 is 1. The molecule has 0 bridgehead atoms. The maximum atomic E-state index is 15.9. The summed E-state index contributed by atoms with van der Waals surface area (Å²) < 4.78 is 48.1. The van der Waals surface area contributed by atoms with Gasteiger partial charge in [0.05, 0.1) is 19.0 Å². The lowest BCUT2D eigenvalue weighted by molar-refractivity contribution is -0.141. The highest BCUT2D eigenvalue weighted by molar-refractivity contribution is 5.85. The molecule has 0 spiro atoms. The van der Waals surface area contributed by atoms with Gasteiger partial charge in [0.25, 0.3) is 0 Å². The van der Waals surface area contributed by atoms with Gasteiger partial charge in [-0.05, 0) is 80.1 Å². The largest absolute Gasteiger partial charge is 0.497 e. The molecule has 4 rings (SSSR count). The van der Waals surface area contributed by atoms with Gasteiger partial charge in [0.1, 0.15) is 23.6 Å². The van der Waals surface area contributed by atoms with Crippen LogP contribution in [0.2, 0.25) is 0 Å². The van der Waals surface area contributed by atoms with Crippen LogP contribution in [-0.4, -0.2) is 54.2 Å². The number of alkyl halides is 1. The summed E-state index contributed by atoms with van der Waals surface area (Å²) in [6, 6.07) is 8.62. The van der Waals surface area contributed by atoms with Crippen molar-refractivity contribution < 1.29 is 27.8 Å². The highest BCUT2D eigenvalue weighted by Crippen LogP contribution is 2.43. The molecule has 1 unspecified atom stereocenters. The molecule has 2 heterocycles. The Morgan fingerprint density at radius 3 is 2.56 bits per heavy atom. The summed E-state index contributed by atoms with van der Waals surface area (Å²) in [6.07, 6.45) is 2.08. The minimum Gasteiger partial charge on any atom is -0.497 e. The number of anilines is 1. The fourth-order valence-corrected chi connectivity index (χ4v) is 5.57. The number of aromatic nitrogens is 1. The van der Waals surface area contributed by atoms with Crippen LogP contribution in [0.25, 0.3) is 10.9 Å². The Labute approximate surface area is 226 Å². The molecule has 1 fully saturated rings. The minimum absolute atomic E-state index is 0.0248. The lowest BCUT2D eigenvalue weighted by Gasteiger charge is -2.41. The molecule has 4 N–H and O–H groups in total. The molecule has 1 aromatic heterocycles. The molecule has 1 saturated heterocycles. The number of carboxylic acids is 1. The summed E-state index contributed by atoms with van der Waals surface area (Å²) in [5.74, 6) is -1.58. The van der Waals surface area contributed by atoms with Crippen LogP contribution in [0.1, 0.15) is 49.4 Å². The van der Waals surface area contributed by atoms with Crippen molar-refractivity contribution in [3.05, 3.63) is 65.4 Å². The summed E-state index contributed by atoms with van der Waals surface area (Å²) in [4.78, 5) is 18.4. The molecular weight excluding hydrogens is 509 g/mol. The number of halogens is 3. The maximum absolute atomic E-state index is 15.9. The average molecular weight is 545 g/mol. The van der Waals surface area contributed by atoms with Gasteiger partial charge in [0.15, 0.2) is 0 Å². The van der Waals surface area contributed by atoms with Gasteiger partial charge in [-0.25, -0.2) is 13.2 Å². The Morgan fingerprint density at radius 2 is 1.92 bits per heavy atom. The van der Waals surface area contributed by atoms with Crippen LogP contribution in [0.5, 0.6) is 5.75 Å². The Bertz CT molecular complexity index is 1270. The van der Waals surface area contributed by atoms with E-state index < -0.39 is 29.2 Å². The first-order chi connectivity index (χ1) is 18.7. The fourth-order valence-electron chi connectivity index (χ4n) is 5.57. The van der Waals surface area contributed by atoms with E-state index in [0.717, 1.165) is 6.07 Å². The number of nitrogens with zero attached hydrogens (tertiary/aromatic N) is 2. The number of hydrogen-bond donors (Lipinski definition) is 3. The van der Waals surface area contributed by atoms with E-state index in [9.17, 15) is 18.7 Å². The number of nitrogens with one attached hydrogen (secondary N) is 1. The van der Waals surface area contributed by atoms with Crippen LogP contribution in [0, 0.1) is 17.0 Å². The zero-order valence-electron chi connectivity index (χ0n) is 22.1. The zero-order valence-corrected chi connectivity index (χ0v) is 22.1. The summed E-state index contributed by atoms with van der Waals surface area (Å²) >= 11 is 0. The van der Waals surface area contributed by atoms with Crippen molar-refractivity contribution in [2.75, 3.05) is 38.6 Å². The molecule has 1 aliphatic rings. The standard InChI is InChI=1S/C29H35F3N4O3/c1-39-23-2-3-26-24(15-23)28(19(17-33)18-35-26)25(32)4-5-29(16-27(37)38)6-9-36(10-7-29)11-8-34-22-13-20(30)12-21(31)14-22/h2-3,12-15,18,25,34H,4-11,16-17,33H2,1H3,(H,37,38). The molecule has 3 aromatic rings. The van der Waals surface area contributed by atoms with Gasteiger partial charge in [0, 0.05) is 48.5 Å². The molecule has 7 nitrogen and oxygen atoms in total. The smallest absolute Gasteiger partial charge is 0.303 e. The monoisotopic (exact) mass is 544 g/mol. The summed E-state index contributed by atoms with van der Waals surface area (Å²) in [5, 5.41) is 13.3. The molecule has 0 amide bonds. The topological polar surface area (TPSA) is 101 Å². The second-order valence-corrected chi connectivity index (χ2v) is 10.3. The molecule has 0 saturated carbocycles. The van der Waals surface area contributed by atoms with Gasteiger partial charge in [-0.3, -0.25) is 9.78 Å². The number of piperidine rings is 1. The predicted molar refractivity (Wildman–Crippen MR) is 144 cm³/mol. The van der Waals surface area contributed by atoms with Gasteiger partial charge >= 0.3 is 5.97 Å². The van der Waals surface area contributed by atoms with E-state index >= 15 is 4.39 Å². The Kier molecular flexibility index (Phi) is 9.29. The normalized spacial score (nSPS) is 16.2. The number of ether oxygens (including phenoxy) is 1. The highest BCUT2D eigenvalue weighted by Gasteiger charge is 2.37. The summed E-state index contributed by atoms with van der Waals surface area (Å²) in [5.41, 5.74) is 7.54. The number of pyridine rings is 1. The van der Waals surface area contributed by atoms with E-state index in [1.54, 1.807) is 31.5 Å². The molecule has 1 atom stereocenters. The number of rotatable bonds is 12. The van der Waals surface area contributed by atoms with E-state index in [0.29, 0.717) is 78.9 Å².